The van der Waals surface area contributed by atoms with Gasteiger partial charge in [-0.25, -0.2) is 13.9 Å². The van der Waals surface area contributed by atoms with Gasteiger partial charge >= 0.3 is 12.1 Å². The molecule has 1 N–H and O–H groups in total. The summed E-state index contributed by atoms with van der Waals surface area (Å²) in [5, 5.41) is 6.64. The third kappa shape index (κ3) is 5.76. The van der Waals surface area contributed by atoms with Gasteiger partial charge in [-0.1, -0.05) is 24.3 Å². The largest absolute Gasteiger partial charge is 0.390 e. The molecule has 0 atom stereocenters. The normalized spacial score (nSPS) is 14.1. The number of aromatic nitrogens is 3. The number of nitrogens with one attached hydrogen (secondary N) is 1. The van der Waals surface area contributed by atoms with Gasteiger partial charge in [-0.3, -0.25) is 4.79 Å². The number of imidazole rings is 1. The third-order valence-electron chi connectivity index (χ3n) is 6.69. The van der Waals surface area contributed by atoms with E-state index in [4.69, 9.17) is 0 Å². The second-order valence-corrected chi connectivity index (χ2v) is 9.80. The fourth-order valence-corrected chi connectivity index (χ4v) is 4.45. The minimum absolute atomic E-state index is 0.0333. The highest BCUT2D eigenvalue weighted by Gasteiger charge is 2.38. The molecule has 1 aliphatic rings. The predicted octanol–water partition coefficient (Wildman–Crippen LogP) is 7.33. The molecule has 204 valence electrons. The van der Waals surface area contributed by atoms with Crippen LogP contribution in [0.4, 0.5) is 32.0 Å². The number of anilines is 1. The molecule has 0 radical (unpaired) electrons. The average Bonchev–Trinajstić information content (AvgIpc) is 3.57. The lowest BCUT2D eigenvalue weighted by Gasteiger charge is -2.19. The zero-order valence-electron chi connectivity index (χ0n) is 20.8. The molecule has 5 rings (SSSR count). The molecule has 2 aromatic heterocycles. The van der Waals surface area contributed by atoms with E-state index in [2.05, 4.69) is 15.4 Å². The van der Waals surface area contributed by atoms with Crippen LogP contribution < -0.4 is 5.32 Å². The zero-order valence-corrected chi connectivity index (χ0v) is 20.8. The molecular weight excluding hydrogens is 522 g/mol. The summed E-state index contributed by atoms with van der Waals surface area (Å²) >= 11 is 0. The SMILES string of the molecule is Cc1cc(-c2cnc3c(NCCC(F)(F)F)cc(C(F)(F)c4cccc(F)c4)nn23)ccc1C(=O)CC1CC1. The van der Waals surface area contributed by atoms with Gasteiger partial charge in [-0.15, -0.1) is 0 Å². The number of alkyl halides is 5. The average molecular weight is 547 g/mol. The first-order valence-electron chi connectivity index (χ1n) is 12.4. The minimum Gasteiger partial charge on any atom is -0.382 e. The Labute approximate surface area is 219 Å². The summed E-state index contributed by atoms with van der Waals surface area (Å²) in [5.74, 6) is -4.19. The summed E-state index contributed by atoms with van der Waals surface area (Å²) in [6, 6.07) is 9.86. The van der Waals surface area contributed by atoms with Crippen molar-refractivity contribution in [2.24, 2.45) is 5.92 Å². The van der Waals surface area contributed by atoms with Crippen LogP contribution in [0.15, 0.2) is 54.7 Å². The molecule has 5 nitrogen and oxygen atoms in total. The zero-order chi connectivity index (χ0) is 27.9. The van der Waals surface area contributed by atoms with Crippen molar-refractivity contribution in [1.82, 2.24) is 14.6 Å². The van der Waals surface area contributed by atoms with Gasteiger partial charge in [0, 0.05) is 29.7 Å². The highest BCUT2D eigenvalue weighted by atomic mass is 19.4. The number of carbonyl (C=O) groups excluding carboxylic acids is 1. The van der Waals surface area contributed by atoms with Crippen LogP contribution in [-0.4, -0.2) is 33.1 Å². The fraction of sp³-hybridized carbons (Fsp3) is 0.321. The monoisotopic (exact) mass is 546 g/mol. The predicted molar refractivity (Wildman–Crippen MR) is 133 cm³/mol. The van der Waals surface area contributed by atoms with E-state index in [9.17, 15) is 22.4 Å². The quantitative estimate of drug-likeness (QED) is 0.176. The molecule has 2 aromatic carbocycles. The van der Waals surface area contributed by atoms with Crippen molar-refractivity contribution in [1.29, 1.82) is 0 Å². The Morgan fingerprint density at radius 2 is 1.85 bits per heavy atom. The van der Waals surface area contributed by atoms with Gasteiger partial charge in [0.2, 0.25) is 0 Å². The van der Waals surface area contributed by atoms with Crippen LogP contribution in [0.5, 0.6) is 0 Å². The van der Waals surface area contributed by atoms with E-state index >= 15 is 8.78 Å². The van der Waals surface area contributed by atoms with E-state index in [-0.39, 0.29) is 17.1 Å². The number of halogens is 6. The first-order valence-corrected chi connectivity index (χ1v) is 12.4. The number of nitrogens with zero attached hydrogens (tertiary/aromatic N) is 3. The molecule has 11 heteroatoms. The van der Waals surface area contributed by atoms with Gasteiger partial charge in [0.15, 0.2) is 11.4 Å². The number of carbonyl (C=O) groups is 1. The van der Waals surface area contributed by atoms with E-state index in [1.165, 1.54) is 6.20 Å². The highest BCUT2D eigenvalue weighted by molar-refractivity contribution is 5.98. The maximum Gasteiger partial charge on any atom is 0.390 e. The fourth-order valence-electron chi connectivity index (χ4n) is 4.45. The number of hydrogen-bond donors (Lipinski definition) is 1. The Hall–Kier alpha value is -3.89. The van der Waals surface area contributed by atoms with Crippen molar-refractivity contribution in [3.8, 4) is 11.3 Å². The van der Waals surface area contributed by atoms with E-state index in [1.807, 2.05) is 0 Å². The van der Waals surface area contributed by atoms with Crippen molar-refractivity contribution in [2.45, 2.75) is 44.7 Å². The summed E-state index contributed by atoms with van der Waals surface area (Å²) in [6.07, 6.45) is -1.72. The molecular formula is C28H24F6N4O. The first kappa shape index (κ1) is 26.7. The number of rotatable bonds is 9. The van der Waals surface area contributed by atoms with E-state index in [0.717, 1.165) is 41.6 Å². The Morgan fingerprint density at radius 1 is 1.08 bits per heavy atom. The highest BCUT2D eigenvalue weighted by Crippen LogP contribution is 2.38. The van der Waals surface area contributed by atoms with Crippen molar-refractivity contribution in [3.63, 3.8) is 0 Å². The van der Waals surface area contributed by atoms with Gasteiger partial charge in [0.25, 0.3) is 0 Å². The molecule has 0 unspecified atom stereocenters. The molecule has 0 saturated heterocycles. The Morgan fingerprint density at radius 3 is 2.51 bits per heavy atom. The molecule has 0 amide bonds. The minimum atomic E-state index is -4.46. The second kappa shape index (κ2) is 10.0. The lowest BCUT2D eigenvalue weighted by molar-refractivity contribution is -0.131. The summed E-state index contributed by atoms with van der Waals surface area (Å²) < 4.78 is 84.3. The number of hydrogen-bond acceptors (Lipinski definition) is 4. The molecule has 0 aliphatic heterocycles. The maximum atomic E-state index is 15.5. The molecule has 2 heterocycles. The smallest absolute Gasteiger partial charge is 0.382 e. The second-order valence-electron chi connectivity index (χ2n) is 9.80. The lowest BCUT2D eigenvalue weighted by Crippen LogP contribution is -2.21. The number of fused-ring (bicyclic) bond motifs is 1. The number of benzene rings is 2. The van der Waals surface area contributed by atoms with Gasteiger partial charge in [0.05, 0.1) is 24.0 Å². The van der Waals surface area contributed by atoms with Gasteiger partial charge in [0.1, 0.15) is 11.5 Å². The molecule has 39 heavy (non-hydrogen) atoms. The van der Waals surface area contributed by atoms with E-state index < -0.39 is 42.1 Å². The van der Waals surface area contributed by atoms with Crippen LogP contribution in [-0.2, 0) is 5.92 Å². The standard InChI is InChI=1S/C28H24F6N4O/c1-16-11-18(7-8-21(16)24(39)12-17-5-6-17)23-15-36-26-22(35-10-9-27(30,31)32)14-25(37-38(23)26)28(33,34)19-3-2-4-20(29)13-19/h2-4,7-8,11,13-15,17,35H,5-6,9-10,12H2,1H3. The molecule has 1 saturated carbocycles. The Balaban J connectivity index is 1.58. The van der Waals surface area contributed by atoms with Crippen LogP contribution in [0.1, 0.15) is 52.9 Å². The van der Waals surface area contributed by atoms with E-state index in [0.29, 0.717) is 40.8 Å². The number of aryl methyl sites for hydroxylation is 1. The van der Waals surface area contributed by atoms with Crippen molar-refractivity contribution >= 4 is 17.1 Å². The molecule has 0 bridgehead atoms. The van der Waals surface area contributed by atoms with Crippen LogP contribution in [0.2, 0.25) is 0 Å². The number of ketones is 1. The summed E-state index contributed by atoms with van der Waals surface area (Å²) in [5.41, 5.74) is 0.581. The Kier molecular flexibility index (Phi) is 6.86. The van der Waals surface area contributed by atoms with Crippen LogP contribution in [0, 0.1) is 18.7 Å². The maximum absolute atomic E-state index is 15.5. The topological polar surface area (TPSA) is 59.3 Å². The van der Waals surface area contributed by atoms with E-state index in [1.54, 1.807) is 25.1 Å². The number of Topliss-reactive ketones (excluding diaryl/α,β-unsaturated/α-hetero) is 1. The van der Waals surface area contributed by atoms with Gasteiger partial charge < -0.3 is 5.32 Å². The van der Waals surface area contributed by atoms with Crippen molar-refractivity contribution < 1.29 is 31.1 Å². The first-order chi connectivity index (χ1) is 18.4. The van der Waals surface area contributed by atoms with Crippen molar-refractivity contribution in [3.05, 3.63) is 82.9 Å². The third-order valence-corrected chi connectivity index (χ3v) is 6.69. The Bertz CT molecular complexity index is 1540. The van der Waals surface area contributed by atoms with Crippen LogP contribution >= 0.6 is 0 Å². The van der Waals surface area contributed by atoms with Crippen LogP contribution in [0.25, 0.3) is 16.9 Å². The summed E-state index contributed by atoms with van der Waals surface area (Å²) in [7, 11) is 0. The lowest BCUT2D eigenvalue weighted by atomic mass is 9.98. The summed E-state index contributed by atoms with van der Waals surface area (Å²) in [6.45, 7) is 1.20. The molecule has 0 spiro atoms. The molecule has 4 aromatic rings. The summed E-state index contributed by atoms with van der Waals surface area (Å²) in [4.78, 5) is 16.9. The van der Waals surface area contributed by atoms with Gasteiger partial charge in [-0.2, -0.15) is 27.1 Å². The van der Waals surface area contributed by atoms with Gasteiger partial charge in [-0.05, 0) is 55.5 Å². The van der Waals surface area contributed by atoms with Crippen LogP contribution in [0.3, 0.4) is 0 Å². The van der Waals surface area contributed by atoms with Crippen molar-refractivity contribution in [2.75, 3.05) is 11.9 Å². The molecule has 1 fully saturated rings. The molecule has 1 aliphatic carbocycles.